The van der Waals surface area contributed by atoms with Gasteiger partial charge < -0.3 is 21.3 Å². The lowest BCUT2D eigenvalue weighted by molar-refractivity contribution is 0.476. The summed E-state index contributed by atoms with van der Waals surface area (Å²) in [6.07, 6.45) is 11.6. The van der Waals surface area contributed by atoms with Crippen molar-refractivity contribution in [3.63, 3.8) is 0 Å². The summed E-state index contributed by atoms with van der Waals surface area (Å²) < 4.78 is 0. The van der Waals surface area contributed by atoms with E-state index in [0.29, 0.717) is 0 Å². The fourth-order valence-corrected chi connectivity index (χ4v) is 2.63. The molecular weight excluding hydrogens is 356 g/mol. The molecule has 0 aliphatic heterocycles. The van der Waals surface area contributed by atoms with Crippen molar-refractivity contribution in [3.05, 3.63) is 0 Å². The van der Waals surface area contributed by atoms with Crippen molar-refractivity contribution >= 4 is 0 Å². The van der Waals surface area contributed by atoms with E-state index in [1.165, 1.54) is 90.5 Å². The average Bonchev–Trinajstić information content (AvgIpc) is 2.72. The van der Waals surface area contributed by atoms with Crippen LogP contribution >= 0.6 is 0 Å². The molecule has 180 valence electrons. The molecule has 0 spiro atoms. The molecule has 0 aliphatic rings. The van der Waals surface area contributed by atoms with Crippen LogP contribution < -0.4 is 21.3 Å². The molecule has 0 aromatic rings. The largest absolute Gasteiger partial charge is 0.317 e. The maximum Gasteiger partial charge on any atom is 0.00767 e. The number of unbranched alkanes of at least 4 members (excludes halogenated alkanes) is 2. The molecule has 1 unspecified atom stereocenters. The van der Waals surface area contributed by atoms with E-state index in [0.717, 1.165) is 25.6 Å². The lowest BCUT2D eigenvalue weighted by Gasteiger charge is -2.09. The first-order valence-corrected chi connectivity index (χ1v) is 13.0. The Morgan fingerprint density at radius 2 is 0.862 bits per heavy atom. The van der Waals surface area contributed by atoms with E-state index in [1.807, 2.05) is 0 Å². The topological polar surface area (TPSA) is 48.1 Å². The highest BCUT2D eigenvalue weighted by atomic mass is 14.9. The van der Waals surface area contributed by atoms with Gasteiger partial charge in [-0.3, -0.25) is 0 Å². The molecule has 29 heavy (non-hydrogen) atoms. The zero-order chi connectivity index (χ0) is 22.4. The third kappa shape index (κ3) is 42.8. The van der Waals surface area contributed by atoms with E-state index in [4.69, 9.17) is 0 Å². The van der Waals surface area contributed by atoms with Gasteiger partial charge in [-0.1, -0.05) is 67.7 Å². The molecule has 4 nitrogen and oxygen atoms in total. The van der Waals surface area contributed by atoms with Crippen LogP contribution in [0.4, 0.5) is 0 Å². The lowest BCUT2D eigenvalue weighted by atomic mass is 10.1. The van der Waals surface area contributed by atoms with Gasteiger partial charge in [0.1, 0.15) is 0 Å². The molecule has 0 aromatic carbocycles. The summed E-state index contributed by atoms with van der Waals surface area (Å²) in [6.45, 7) is 24.9. The van der Waals surface area contributed by atoms with Crippen LogP contribution in [0.1, 0.15) is 106 Å². The van der Waals surface area contributed by atoms with Crippen molar-refractivity contribution in [1.82, 2.24) is 21.3 Å². The summed E-state index contributed by atoms with van der Waals surface area (Å²) in [5.41, 5.74) is 0. The van der Waals surface area contributed by atoms with E-state index in [-0.39, 0.29) is 0 Å². The minimum Gasteiger partial charge on any atom is -0.317 e. The second-order valence-corrected chi connectivity index (χ2v) is 8.06. The summed E-state index contributed by atoms with van der Waals surface area (Å²) in [7, 11) is 0. The monoisotopic (exact) mass is 416 g/mol. The zero-order valence-electron chi connectivity index (χ0n) is 21.6. The average molecular weight is 417 g/mol. The van der Waals surface area contributed by atoms with Crippen molar-refractivity contribution in [2.75, 3.05) is 52.4 Å². The molecule has 4 heteroatoms. The Labute approximate surface area is 186 Å². The first kappa shape index (κ1) is 33.5. The molecule has 0 saturated carbocycles. The minimum atomic E-state index is 0.858. The van der Waals surface area contributed by atoms with Crippen LogP contribution in [0.15, 0.2) is 0 Å². The summed E-state index contributed by atoms with van der Waals surface area (Å²) in [6, 6.07) is 0. The van der Waals surface area contributed by atoms with Crippen molar-refractivity contribution < 1.29 is 0 Å². The number of nitrogens with one attached hydrogen (secondary N) is 4. The van der Waals surface area contributed by atoms with E-state index < -0.39 is 0 Å². The van der Waals surface area contributed by atoms with Crippen LogP contribution in [0.3, 0.4) is 0 Å². The smallest absolute Gasteiger partial charge is 0.00767 e. The van der Waals surface area contributed by atoms with E-state index >= 15 is 0 Å². The highest BCUT2D eigenvalue weighted by Crippen LogP contribution is 2.02. The van der Waals surface area contributed by atoms with Crippen LogP contribution in [0, 0.1) is 5.92 Å². The third-order valence-corrected chi connectivity index (χ3v) is 4.45. The summed E-state index contributed by atoms with van der Waals surface area (Å²) >= 11 is 0. The van der Waals surface area contributed by atoms with Crippen LogP contribution in [0.2, 0.25) is 0 Å². The molecule has 0 saturated heterocycles. The predicted octanol–water partition coefficient (Wildman–Crippen LogP) is 5.58. The highest BCUT2D eigenvalue weighted by molar-refractivity contribution is 4.55. The Balaban J connectivity index is -0.000000354. The van der Waals surface area contributed by atoms with Gasteiger partial charge in [0.25, 0.3) is 0 Å². The Kier molecular flexibility index (Phi) is 40.7. The van der Waals surface area contributed by atoms with E-state index in [1.54, 1.807) is 0 Å². The molecule has 0 heterocycles. The molecule has 1 atom stereocenters. The van der Waals surface area contributed by atoms with Gasteiger partial charge in [-0.05, 0) is 83.7 Å². The fourth-order valence-electron chi connectivity index (χ4n) is 2.63. The Morgan fingerprint density at radius 1 is 0.448 bits per heavy atom. The maximum absolute atomic E-state index is 3.42. The summed E-state index contributed by atoms with van der Waals surface area (Å²) in [5.74, 6) is 0.858. The molecule has 0 radical (unpaired) electrons. The SMILES string of the molecule is CCCCNCCC.CCCCNCCNCCC.CCCNCC(C)CCC. The minimum absolute atomic E-state index is 0.858. The molecule has 4 N–H and O–H groups in total. The van der Waals surface area contributed by atoms with Gasteiger partial charge in [0, 0.05) is 13.1 Å². The zero-order valence-corrected chi connectivity index (χ0v) is 21.6. The molecule has 0 aromatic heterocycles. The predicted molar refractivity (Wildman–Crippen MR) is 136 cm³/mol. The molecule has 0 fully saturated rings. The maximum atomic E-state index is 3.42. The molecule has 0 rings (SSSR count). The Hall–Kier alpha value is -0.160. The summed E-state index contributed by atoms with van der Waals surface area (Å²) in [4.78, 5) is 0. The van der Waals surface area contributed by atoms with Crippen LogP contribution in [0.5, 0.6) is 0 Å². The second kappa shape index (κ2) is 35.3. The molecule has 0 amide bonds. The van der Waals surface area contributed by atoms with Gasteiger partial charge in [0.2, 0.25) is 0 Å². The van der Waals surface area contributed by atoms with Gasteiger partial charge in [-0.15, -0.1) is 0 Å². The first-order chi connectivity index (χ1) is 14.1. The van der Waals surface area contributed by atoms with Gasteiger partial charge >= 0.3 is 0 Å². The lowest BCUT2D eigenvalue weighted by Crippen LogP contribution is -2.28. The van der Waals surface area contributed by atoms with Gasteiger partial charge in [0.15, 0.2) is 0 Å². The van der Waals surface area contributed by atoms with Crippen molar-refractivity contribution in [1.29, 1.82) is 0 Å². The van der Waals surface area contributed by atoms with E-state index in [2.05, 4.69) is 69.7 Å². The second-order valence-electron chi connectivity index (χ2n) is 8.06. The number of rotatable bonds is 19. The van der Waals surface area contributed by atoms with Crippen molar-refractivity contribution in [3.8, 4) is 0 Å². The molecular formula is C25H60N4. The Bertz CT molecular complexity index is 223. The standard InChI is InChI=1S/C9H22N2.C9H21N.C7H17N/c1-3-5-7-11-9-8-10-6-4-2;1-4-6-9(3)8-10-7-5-2;1-3-5-7-8-6-4-2/h10-11H,3-9H2,1-2H3;9-10H,4-8H2,1-3H3;8H,3-7H2,1-2H3. The molecule has 0 aliphatic carbocycles. The van der Waals surface area contributed by atoms with Crippen molar-refractivity contribution in [2.24, 2.45) is 5.92 Å². The highest BCUT2D eigenvalue weighted by Gasteiger charge is 1.97. The van der Waals surface area contributed by atoms with Gasteiger partial charge in [0.05, 0.1) is 0 Å². The number of hydrogen-bond donors (Lipinski definition) is 4. The van der Waals surface area contributed by atoms with Gasteiger partial charge in [-0.2, -0.15) is 0 Å². The summed E-state index contributed by atoms with van der Waals surface area (Å²) in [5, 5.41) is 13.5. The quantitative estimate of drug-likeness (QED) is 0.207. The van der Waals surface area contributed by atoms with Crippen molar-refractivity contribution in [2.45, 2.75) is 106 Å². The number of hydrogen-bond acceptors (Lipinski definition) is 4. The fraction of sp³-hybridized carbons (Fsp3) is 1.00. The normalized spacial score (nSPS) is 11.3. The third-order valence-electron chi connectivity index (χ3n) is 4.45. The Morgan fingerprint density at radius 3 is 1.28 bits per heavy atom. The van der Waals surface area contributed by atoms with Crippen LogP contribution in [-0.4, -0.2) is 52.4 Å². The van der Waals surface area contributed by atoms with Crippen LogP contribution in [-0.2, 0) is 0 Å². The first-order valence-electron chi connectivity index (χ1n) is 13.0. The van der Waals surface area contributed by atoms with Crippen LogP contribution in [0.25, 0.3) is 0 Å². The molecule has 0 bridgehead atoms. The van der Waals surface area contributed by atoms with Gasteiger partial charge in [-0.25, -0.2) is 0 Å². The van der Waals surface area contributed by atoms with E-state index in [9.17, 15) is 0 Å².